The van der Waals surface area contributed by atoms with Gasteiger partial charge in [-0.2, -0.15) is 23.5 Å². The standard InChI is InChI=1S/C15H24N2O2S3/c1-13-3-5-15(6-4-13)22(18,19)17-8-2-7-16-14-11-20-9-10-21-12-14/h3-6,14,16-17H,2,7-12H2,1H3. The van der Waals surface area contributed by atoms with E-state index in [4.69, 9.17) is 0 Å². The van der Waals surface area contributed by atoms with E-state index in [0.29, 0.717) is 17.5 Å². The smallest absolute Gasteiger partial charge is 0.240 e. The molecule has 0 aromatic heterocycles. The van der Waals surface area contributed by atoms with Gasteiger partial charge in [0.2, 0.25) is 10.0 Å². The summed E-state index contributed by atoms with van der Waals surface area (Å²) in [4.78, 5) is 0.336. The van der Waals surface area contributed by atoms with Gasteiger partial charge in [0.1, 0.15) is 0 Å². The fraction of sp³-hybridized carbons (Fsp3) is 0.600. The van der Waals surface area contributed by atoms with E-state index in [-0.39, 0.29) is 0 Å². The van der Waals surface area contributed by atoms with Gasteiger partial charge >= 0.3 is 0 Å². The average molecular weight is 361 g/mol. The lowest BCUT2D eigenvalue weighted by Crippen LogP contribution is -2.35. The van der Waals surface area contributed by atoms with Crippen molar-refractivity contribution in [2.24, 2.45) is 0 Å². The van der Waals surface area contributed by atoms with Gasteiger partial charge in [0.15, 0.2) is 0 Å². The first-order valence-electron chi connectivity index (χ1n) is 7.53. The fourth-order valence-corrected chi connectivity index (χ4v) is 5.68. The van der Waals surface area contributed by atoms with Crippen LogP contribution >= 0.6 is 23.5 Å². The van der Waals surface area contributed by atoms with Gasteiger partial charge in [-0.3, -0.25) is 0 Å². The molecular formula is C15H24N2O2S3. The van der Waals surface area contributed by atoms with E-state index in [1.165, 1.54) is 11.5 Å². The highest BCUT2D eigenvalue weighted by atomic mass is 32.2. The van der Waals surface area contributed by atoms with Crippen molar-refractivity contribution in [3.63, 3.8) is 0 Å². The first kappa shape index (κ1) is 18.1. The summed E-state index contributed by atoms with van der Waals surface area (Å²) in [5.74, 6) is 4.78. The minimum absolute atomic E-state index is 0.336. The zero-order valence-electron chi connectivity index (χ0n) is 12.9. The molecule has 0 bridgehead atoms. The molecule has 1 aromatic carbocycles. The molecule has 1 aliphatic rings. The van der Waals surface area contributed by atoms with Crippen LogP contribution in [0, 0.1) is 6.92 Å². The van der Waals surface area contributed by atoms with E-state index in [0.717, 1.165) is 30.0 Å². The van der Waals surface area contributed by atoms with Crippen molar-refractivity contribution in [2.45, 2.75) is 24.3 Å². The SMILES string of the molecule is Cc1ccc(S(=O)(=O)NCCCNC2CSCCSC2)cc1. The summed E-state index contributed by atoms with van der Waals surface area (Å²) in [6, 6.07) is 7.48. The fourth-order valence-electron chi connectivity index (χ4n) is 2.14. The van der Waals surface area contributed by atoms with Crippen LogP contribution in [-0.4, -0.2) is 50.6 Å². The van der Waals surface area contributed by atoms with Crippen LogP contribution in [0.25, 0.3) is 0 Å². The molecule has 0 atom stereocenters. The van der Waals surface area contributed by atoms with E-state index in [2.05, 4.69) is 10.0 Å². The van der Waals surface area contributed by atoms with Gasteiger partial charge in [0.25, 0.3) is 0 Å². The molecule has 4 nitrogen and oxygen atoms in total. The van der Waals surface area contributed by atoms with Crippen LogP contribution in [0.3, 0.4) is 0 Å². The number of sulfonamides is 1. The van der Waals surface area contributed by atoms with E-state index in [9.17, 15) is 8.42 Å². The Morgan fingerprint density at radius 1 is 1.09 bits per heavy atom. The number of hydrogen-bond acceptors (Lipinski definition) is 5. The monoisotopic (exact) mass is 360 g/mol. The summed E-state index contributed by atoms with van der Waals surface area (Å²) in [5.41, 5.74) is 1.06. The topological polar surface area (TPSA) is 58.2 Å². The van der Waals surface area contributed by atoms with Crippen molar-refractivity contribution < 1.29 is 8.42 Å². The summed E-state index contributed by atoms with van der Waals surface area (Å²) in [5, 5.41) is 3.52. The second-order valence-corrected chi connectivity index (χ2v) is 9.43. The summed E-state index contributed by atoms with van der Waals surface area (Å²) in [6.07, 6.45) is 0.803. The molecule has 7 heteroatoms. The molecule has 1 aliphatic heterocycles. The lowest BCUT2D eigenvalue weighted by atomic mass is 10.2. The van der Waals surface area contributed by atoms with Gasteiger partial charge in [-0.1, -0.05) is 17.7 Å². The molecule has 0 amide bonds. The molecule has 0 aliphatic carbocycles. The van der Waals surface area contributed by atoms with E-state index in [1.54, 1.807) is 12.1 Å². The summed E-state index contributed by atoms with van der Waals surface area (Å²) in [7, 11) is -3.37. The second-order valence-electron chi connectivity index (χ2n) is 5.37. The molecular weight excluding hydrogens is 336 g/mol. The Kier molecular flexibility index (Phi) is 7.56. The summed E-state index contributed by atoms with van der Waals surface area (Å²) >= 11 is 3.99. The van der Waals surface area contributed by atoms with E-state index < -0.39 is 10.0 Å². The molecule has 124 valence electrons. The summed E-state index contributed by atoms with van der Waals surface area (Å²) in [6.45, 7) is 3.26. The van der Waals surface area contributed by atoms with E-state index >= 15 is 0 Å². The van der Waals surface area contributed by atoms with Crippen LogP contribution in [0.5, 0.6) is 0 Å². The number of benzene rings is 1. The first-order chi connectivity index (χ1) is 10.6. The quantitative estimate of drug-likeness (QED) is 0.729. The minimum Gasteiger partial charge on any atom is -0.312 e. The van der Waals surface area contributed by atoms with Gasteiger partial charge in [0.05, 0.1) is 4.90 Å². The third kappa shape index (κ3) is 6.12. The molecule has 22 heavy (non-hydrogen) atoms. The Balaban J connectivity index is 1.68. The Bertz CT molecular complexity index is 538. The summed E-state index contributed by atoms with van der Waals surface area (Å²) < 4.78 is 26.9. The molecule has 0 unspecified atom stereocenters. The second kappa shape index (κ2) is 9.17. The predicted octanol–water partition coefficient (Wildman–Crippen LogP) is 2.10. The molecule has 2 N–H and O–H groups in total. The van der Waals surface area contributed by atoms with Gasteiger partial charge in [-0.15, -0.1) is 0 Å². The van der Waals surface area contributed by atoms with Crippen LogP contribution < -0.4 is 10.0 Å². The maximum Gasteiger partial charge on any atom is 0.240 e. The molecule has 2 rings (SSSR count). The predicted molar refractivity (Wildman–Crippen MR) is 97.4 cm³/mol. The van der Waals surface area contributed by atoms with Gasteiger partial charge in [0, 0.05) is 35.6 Å². The third-order valence-electron chi connectivity index (χ3n) is 3.42. The van der Waals surface area contributed by atoms with Crippen molar-refractivity contribution in [1.29, 1.82) is 0 Å². The van der Waals surface area contributed by atoms with Crippen LogP contribution in [0.15, 0.2) is 29.2 Å². The van der Waals surface area contributed by atoms with E-state index in [1.807, 2.05) is 42.6 Å². The Hall–Kier alpha value is -0.210. The molecule has 1 heterocycles. The molecule has 1 saturated heterocycles. The number of hydrogen-bond donors (Lipinski definition) is 2. The Morgan fingerprint density at radius 2 is 1.73 bits per heavy atom. The number of thioether (sulfide) groups is 2. The van der Waals surface area contributed by atoms with Crippen molar-refractivity contribution in [3.8, 4) is 0 Å². The van der Waals surface area contributed by atoms with Crippen LogP contribution in [0.1, 0.15) is 12.0 Å². The highest BCUT2D eigenvalue weighted by Crippen LogP contribution is 2.16. The number of nitrogens with one attached hydrogen (secondary N) is 2. The molecule has 0 spiro atoms. The number of rotatable bonds is 7. The van der Waals surface area contributed by atoms with Crippen LogP contribution in [-0.2, 0) is 10.0 Å². The first-order valence-corrected chi connectivity index (χ1v) is 11.3. The lowest BCUT2D eigenvalue weighted by molar-refractivity contribution is 0.560. The Morgan fingerprint density at radius 3 is 2.36 bits per heavy atom. The van der Waals surface area contributed by atoms with Crippen molar-refractivity contribution in [1.82, 2.24) is 10.0 Å². The zero-order valence-corrected chi connectivity index (χ0v) is 15.3. The lowest BCUT2D eigenvalue weighted by Gasteiger charge is -2.15. The normalized spacial score (nSPS) is 17.3. The maximum absolute atomic E-state index is 12.1. The Labute approximate surface area is 142 Å². The highest BCUT2D eigenvalue weighted by Gasteiger charge is 2.14. The van der Waals surface area contributed by atoms with Crippen LogP contribution in [0.2, 0.25) is 0 Å². The molecule has 0 saturated carbocycles. The number of aryl methyl sites for hydroxylation is 1. The average Bonchev–Trinajstić information content (AvgIpc) is 2.76. The molecule has 1 aromatic rings. The molecule has 1 fully saturated rings. The highest BCUT2D eigenvalue weighted by molar-refractivity contribution is 8.03. The zero-order chi connectivity index (χ0) is 15.8. The van der Waals surface area contributed by atoms with Crippen molar-refractivity contribution in [3.05, 3.63) is 29.8 Å². The van der Waals surface area contributed by atoms with Crippen molar-refractivity contribution in [2.75, 3.05) is 36.1 Å². The minimum atomic E-state index is -3.37. The molecule has 0 radical (unpaired) electrons. The van der Waals surface area contributed by atoms with Gasteiger partial charge in [-0.05, 0) is 32.0 Å². The third-order valence-corrected chi connectivity index (χ3v) is 7.42. The van der Waals surface area contributed by atoms with Crippen molar-refractivity contribution >= 4 is 33.5 Å². The maximum atomic E-state index is 12.1. The van der Waals surface area contributed by atoms with Crippen LogP contribution in [0.4, 0.5) is 0 Å². The van der Waals surface area contributed by atoms with Gasteiger partial charge in [-0.25, -0.2) is 13.1 Å². The largest absolute Gasteiger partial charge is 0.312 e. The van der Waals surface area contributed by atoms with Gasteiger partial charge < -0.3 is 5.32 Å².